The lowest BCUT2D eigenvalue weighted by Crippen LogP contribution is -2.43. The van der Waals surface area contributed by atoms with E-state index in [4.69, 9.17) is 10.5 Å². The topological polar surface area (TPSA) is 102 Å². The third kappa shape index (κ3) is 4.43. The SMILES string of the molecule is COC(=O)c1ccsc1N1CCC(NC(=O)CC(C)N)C1=O.Cl. The van der Waals surface area contributed by atoms with Gasteiger partial charge in [-0.2, -0.15) is 0 Å². The van der Waals surface area contributed by atoms with Crippen LogP contribution in [0.2, 0.25) is 0 Å². The highest BCUT2D eigenvalue weighted by Gasteiger charge is 2.36. The Bertz CT molecular complexity index is 590. The lowest BCUT2D eigenvalue weighted by atomic mass is 10.2. The Labute approximate surface area is 144 Å². The van der Waals surface area contributed by atoms with Crippen LogP contribution < -0.4 is 16.0 Å². The van der Waals surface area contributed by atoms with Crippen LogP contribution in [0.5, 0.6) is 0 Å². The van der Waals surface area contributed by atoms with Gasteiger partial charge in [0.25, 0.3) is 0 Å². The van der Waals surface area contributed by atoms with E-state index in [1.807, 2.05) is 0 Å². The monoisotopic (exact) mass is 361 g/mol. The molecule has 23 heavy (non-hydrogen) atoms. The molecule has 1 fully saturated rings. The molecular weight excluding hydrogens is 342 g/mol. The molecule has 0 spiro atoms. The van der Waals surface area contributed by atoms with E-state index in [9.17, 15) is 14.4 Å². The summed E-state index contributed by atoms with van der Waals surface area (Å²) in [5.74, 6) is -0.936. The normalized spacial score (nSPS) is 18.3. The first kappa shape index (κ1) is 19.4. The molecule has 0 saturated carbocycles. The molecule has 1 aromatic heterocycles. The molecule has 2 rings (SSSR count). The minimum absolute atomic E-state index is 0. The van der Waals surface area contributed by atoms with Crippen molar-refractivity contribution in [1.29, 1.82) is 0 Å². The third-order valence-electron chi connectivity index (χ3n) is 3.34. The number of ether oxygens (including phenoxy) is 1. The first-order valence-corrected chi connectivity index (χ1v) is 7.84. The number of rotatable bonds is 5. The Kier molecular flexibility index (Phi) is 6.99. The molecule has 0 aromatic carbocycles. The minimum atomic E-state index is -0.571. The number of hydrogen-bond acceptors (Lipinski definition) is 6. The Morgan fingerprint density at radius 2 is 2.26 bits per heavy atom. The van der Waals surface area contributed by atoms with Gasteiger partial charge < -0.3 is 20.7 Å². The highest BCUT2D eigenvalue weighted by atomic mass is 35.5. The molecule has 0 bridgehead atoms. The van der Waals surface area contributed by atoms with E-state index in [0.29, 0.717) is 23.5 Å². The molecule has 0 radical (unpaired) electrons. The summed E-state index contributed by atoms with van der Waals surface area (Å²) in [6.07, 6.45) is 0.679. The fraction of sp³-hybridized carbons (Fsp3) is 0.500. The largest absolute Gasteiger partial charge is 0.465 e. The van der Waals surface area contributed by atoms with E-state index in [1.165, 1.54) is 23.3 Å². The summed E-state index contributed by atoms with van der Waals surface area (Å²) in [5, 5.41) is 4.98. The molecule has 2 unspecified atom stereocenters. The maximum absolute atomic E-state index is 12.4. The predicted molar refractivity (Wildman–Crippen MR) is 90.1 cm³/mol. The predicted octanol–water partition coefficient (Wildman–Crippen LogP) is 0.915. The van der Waals surface area contributed by atoms with Gasteiger partial charge in [0.2, 0.25) is 11.8 Å². The molecule has 2 atom stereocenters. The lowest BCUT2D eigenvalue weighted by molar-refractivity contribution is -0.126. The Morgan fingerprint density at radius 1 is 1.57 bits per heavy atom. The zero-order chi connectivity index (χ0) is 16.3. The minimum Gasteiger partial charge on any atom is -0.465 e. The van der Waals surface area contributed by atoms with E-state index in [2.05, 4.69) is 5.32 Å². The number of carbonyl (C=O) groups is 3. The van der Waals surface area contributed by atoms with Crippen molar-refractivity contribution in [3.63, 3.8) is 0 Å². The van der Waals surface area contributed by atoms with Gasteiger partial charge in [0.1, 0.15) is 11.0 Å². The molecule has 1 aliphatic heterocycles. The number of nitrogens with two attached hydrogens (primary N) is 1. The number of halogens is 1. The summed E-state index contributed by atoms with van der Waals surface area (Å²) in [4.78, 5) is 37.4. The summed E-state index contributed by atoms with van der Waals surface area (Å²) in [6, 6.07) is 0.802. The Morgan fingerprint density at radius 3 is 2.87 bits per heavy atom. The molecule has 1 aromatic rings. The van der Waals surface area contributed by atoms with Crippen LogP contribution in [0.15, 0.2) is 11.4 Å². The zero-order valence-electron chi connectivity index (χ0n) is 12.9. The first-order valence-electron chi connectivity index (χ1n) is 6.96. The number of esters is 1. The van der Waals surface area contributed by atoms with Crippen molar-refractivity contribution in [2.45, 2.75) is 31.8 Å². The second-order valence-electron chi connectivity index (χ2n) is 5.21. The van der Waals surface area contributed by atoms with Crippen LogP contribution in [0.4, 0.5) is 5.00 Å². The number of carbonyl (C=O) groups excluding carboxylic acids is 3. The van der Waals surface area contributed by atoms with Gasteiger partial charge in [0.15, 0.2) is 0 Å². The fourth-order valence-electron chi connectivity index (χ4n) is 2.34. The second-order valence-corrected chi connectivity index (χ2v) is 6.11. The van der Waals surface area contributed by atoms with Gasteiger partial charge in [0.05, 0.1) is 12.7 Å². The smallest absolute Gasteiger partial charge is 0.340 e. The van der Waals surface area contributed by atoms with Gasteiger partial charge in [-0.1, -0.05) is 0 Å². The number of hydrogen-bond donors (Lipinski definition) is 2. The molecule has 3 N–H and O–H groups in total. The van der Waals surface area contributed by atoms with Crippen molar-refractivity contribution >= 4 is 46.5 Å². The van der Waals surface area contributed by atoms with Gasteiger partial charge in [-0.25, -0.2) is 4.79 Å². The summed E-state index contributed by atoms with van der Waals surface area (Å²) < 4.78 is 4.71. The van der Waals surface area contributed by atoms with Crippen LogP contribution in [0.3, 0.4) is 0 Å². The van der Waals surface area contributed by atoms with E-state index >= 15 is 0 Å². The number of nitrogens with one attached hydrogen (secondary N) is 1. The van der Waals surface area contributed by atoms with Crippen LogP contribution in [0, 0.1) is 0 Å². The molecule has 128 valence electrons. The van der Waals surface area contributed by atoms with Crippen molar-refractivity contribution in [1.82, 2.24) is 5.32 Å². The van der Waals surface area contributed by atoms with Crippen molar-refractivity contribution in [3.05, 3.63) is 17.0 Å². The van der Waals surface area contributed by atoms with Gasteiger partial charge in [-0.05, 0) is 24.8 Å². The van der Waals surface area contributed by atoms with Crippen molar-refractivity contribution in [2.75, 3.05) is 18.6 Å². The summed E-state index contributed by atoms with van der Waals surface area (Å²) in [7, 11) is 1.30. The number of methoxy groups -OCH3 is 1. The Balaban J connectivity index is 0.00000264. The van der Waals surface area contributed by atoms with Crippen LogP contribution in [-0.2, 0) is 14.3 Å². The van der Waals surface area contributed by atoms with Gasteiger partial charge in [-0.3, -0.25) is 9.59 Å². The first-order chi connectivity index (χ1) is 10.4. The summed E-state index contributed by atoms with van der Waals surface area (Å²) in [5.41, 5.74) is 5.93. The van der Waals surface area contributed by atoms with Gasteiger partial charge in [0, 0.05) is 19.0 Å². The van der Waals surface area contributed by atoms with Crippen LogP contribution in [-0.4, -0.2) is 43.5 Å². The number of nitrogens with zero attached hydrogens (tertiary/aromatic N) is 1. The molecule has 9 heteroatoms. The lowest BCUT2D eigenvalue weighted by Gasteiger charge is -2.17. The quantitative estimate of drug-likeness (QED) is 0.759. The standard InChI is InChI=1S/C14H19N3O4S.ClH/c1-8(15)7-11(18)16-10-3-5-17(12(10)19)13-9(4-6-22-13)14(20)21-2;/h4,6,8,10H,3,5,7,15H2,1-2H3,(H,16,18);1H. The molecule has 7 nitrogen and oxygen atoms in total. The average Bonchev–Trinajstić information content (AvgIpc) is 3.05. The second kappa shape index (κ2) is 8.28. The Hall–Kier alpha value is -1.64. The van der Waals surface area contributed by atoms with Crippen LogP contribution >= 0.6 is 23.7 Å². The van der Waals surface area contributed by atoms with Gasteiger partial charge >= 0.3 is 5.97 Å². The molecule has 1 aliphatic rings. The maximum atomic E-state index is 12.4. The number of thiophene rings is 1. The number of anilines is 1. The van der Waals surface area contributed by atoms with E-state index in [1.54, 1.807) is 18.4 Å². The molecule has 0 aliphatic carbocycles. The van der Waals surface area contributed by atoms with Crippen LogP contribution in [0.1, 0.15) is 30.1 Å². The molecule has 2 amide bonds. The van der Waals surface area contributed by atoms with Crippen molar-refractivity contribution in [3.8, 4) is 0 Å². The highest BCUT2D eigenvalue weighted by Crippen LogP contribution is 2.31. The van der Waals surface area contributed by atoms with E-state index in [0.717, 1.165) is 0 Å². The van der Waals surface area contributed by atoms with Crippen molar-refractivity contribution in [2.24, 2.45) is 5.73 Å². The summed E-state index contributed by atoms with van der Waals surface area (Å²) >= 11 is 1.30. The highest BCUT2D eigenvalue weighted by molar-refractivity contribution is 7.14. The fourth-order valence-corrected chi connectivity index (χ4v) is 3.26. The third-order valence-corrected chi connectivity index (χ3v) is 4.28. The van der Waals surface area contributed by atoms with Gasteiger partial charge in [-0.15, -0.1) is 23.7 Å². The number of amides is 2. The van der Waals surface area contributed by atoms with Crippen LogP contribution in [0.25, 0.3) is 0 Å². The summed E-state index contributed by atoms with van der Waals surface area (Å²) in [6.45, 7) is 2.18. The molecular formula is C14H20ClN3O4S. The maximum Gasteiger partial charge on any atom is 0.340 e. The van der Waals surface area contributed by atoms with Crippen molar-refractivity contribution < 1.29 is 19.1 Å². The molecule has 1 saturated heterocycles. The zero-order valence-corrected chi connectivity index (χ0v) is 14.5. The van der Waals surface area contributed by atoms with E-state index in [-0.39, 0.29) is 36.7 Å². The van der Waals surface area contributed by atoms with E-state index < -0.39 is 12.0 Å². The average molecular weight is 362 g/mol. The molecule has 2 heterocycles.